The number of halogens is 1. The van der Waals surface area contributed by atoms with Gasteiger partial charge in [-0.15, -0.1) is 0 Å². The molecule has 8 heteroatoms. The Morgan fingerprint density at radius 3 is 2.54 bits per heavy atom. The number of hydrogen-bond acceptors (Lipinski definition) is 4. The highest BCUT2D eigenvalue weighted by Crippen LogP contribution is 2.27. The molecule has 0 saturated carbocycles. The molecule has 0 aliphatic carbocycles. The van der Waals surface area contributed by atoms with E-state index in [0.29, 0.717) is 19.6 Å². The van der Waals surface area contributed by atoms with Crippen LogP contribution in [0.2, 0.25) is 5.02 Å². The molecule has 2 heterocycles. The lowest BCUT2D eigenvalue weighted by atomic mass is 10.1. The monoisotopic (exact) mass is 427 g/mol. The van der Waals surface area contributed by atoms with Crippen LogP contribution < -0.4 is 0 Å². The molecule has 2 fully saturated rings. The fourth-order valence-corrected chi connectivity index (χ4v) is 6.23. The third kappa shape index (κ3) is 5.06. The van der Waals surface area contributed by atoms with Crippen molar-refractivity contribution in [3.05, 3.63) is 29.3 Å². The molecule has 1 aromatic carbocycles. The maximum atomic E-state index is 13.1. The van der Waals surface area contributed by atoms with Crippen molar-refractivity contribution < 1.29 is 13.2 Å². The topological polar surface area (TPSA) is 60.9 Å². The summed E-state index contributed by atoms with van der Waals surface area (Å²) in [5, 5.41) is 0.234. The average molecular weight is 428 g/mol. The van der Waals surface area contributed by atoms with E-state index >= 15 is 0 Å². The molecule has 28 heavy (non-hydrogen) atoms. The van der Waals surface area contributed by atoms with Crippen molar-refractivity contribution in [2.45, 2.75) is 50.0 Å². The minimum absolute atomic E-state index is 0.0130. The van der Waals surface area contributed by atoms with Gasteiger partial charge in [-0.2, -0.15) is 4.31 Å². The molecule has 0 radical (unpaired) electrons. The van der Waals surface area contributed by atoms with Crippen molar-refractivity contribution in [2.75, 3.05) is 39.3 Å². The number of benzene rings is 1. The Labute approximate surface area is 173 Å². The van der Waals surface area contributed by atoms with Gasteiger partial charge in [0.2, 0.25) is 15.9 Å². The van der Waals surface area contributed by atoms with Gasteiger partial charge in [0.25, 0.3) is 0 Å². The van der Waals surface area contributed by atoms with Crippen LogP contribution in [0.3, 0.4) is 0 Å². The van der Waals surface area contributed by atoms with Crippen LogP contribution in [-0.2, 0) is 14.8 Å². The Morgan fingerprint density at radius 2 is 1.86 bits per heavy atom. The van der Waals surface area contributed by atoms with Crippen molar-refractivity contribution >= 4 is 27.5 Å². The third-order valence-electron chi connectivity index (χ3n) is 5.76. The maximum Gasteiger partial charge on any atom is 0.244 e. The average Bonchev–Trinajstić information content (AvgIpc) is 2.69. The van der Waals surface area contributed by atoms with Crippen molar-refractivity contribution in [3.63, 3.8) is 0 Å². The first kappa shape index (κ1) is 21.6. The lowest BCUT2D eigenvalue weighted by molar-refractivity contribution is -0.132. The van der Waals surface area contributed by atoms with Gasteiger partial charge in [0.15, 0.2) is 0 Å². The van der Waals surface area contributed by atoms with Gasteiger partial charge in [-0.05, 0) is 50.9 Å². The maximum absolute atomic E-state index is 13.1. The summed E-state index contributed by atoms with van der Waals surface area (Å²) in [6, 6.07) is 6.45. The largest absolute Gasteiger partial charge is 0.337 e. The number of nitrogens with zero attached hydrogens (tertiary/aromatic N) is 3. The molecule has 0 bridgehead atoms. The van der Waals surface area contributed by atoms with Gasteiger partial charge in [-0.25, -0.2) is 8.42 Å². The molecule has 1 amide bonds. The molecule has 6 nitrogen and oxygen atoms in total. The van der Waals surface area contributed by atoms with Gasteiger partial charge in [-0.1, -0.05) is 30.2 Å². The Kier molecular flexibility index (Phi) is 7.36. The lowest BCUT2D eigenvalue weighted by Gasteiger charge is -2.39. The Balaban J connectivity index is 1.69. The first-order valence-corrected chi connectivity index (χ1v) is 12.0. The van der Waals surface area contributed by atoms with E-state index in [1.807, 2.05) is 4.90 Å². The first-order valence-electron chi connectivity index (χ1n) is 10.1. The van der Waals surface area contributed by atoms with Crippen LogP contribution in [-0.4, -0.2) is 73.7 Å². The van der Waals surface area contributed by atoms with E-state index in [1.54, 1.807) is 31.2 Å². The number of piperidine rings is 2. The quantitative estimate of drug-likeness (QED) is 0.700. The number of likely N-dealkylation sites (tertiary alicyclic amines) is 1. The molecule has 156 valence electrons. The van der Waals surface area contributed by atoms with E-state index < -0.39 is 10.0 Å². The van der Waals surface area contributed by atoms with Crippen LogP contribution in [0.25, 0.3) is 0 Å². The number of sulfonamides is 1. The summed E-state index contributed by atoms with van der Waals surface area (Å²) in [6.45, 7) is 6.05. The summed E-state index contributed by atoms with van der Waals surface area (Å²) < 4.78 is 27.6. The zero-order valence-corrected chi connectivity index (χ0v) is 18.1. The molecule has 0 N–H and O–H groups in total. The summed E-state index contributed by atoms with van der Waals surface area (Å²) in [5.41, 5.74) is 0. The van der Waals surface area contributed by atoms with Gasteiger partial charge >= 0.3 is 0 Å². The predicted molar refractivity (Wildman–Crippen MR) is 111 cm³/mol. The third-order valence-corrected chi connectivity index (χ3v) is 8.13. The smallest absolute Gasteiger partial charge is 0.244 e. The molecule has 3 rings (SSSR count). The molecule has 0 aromatic heterocycles. The molecule has 1 aromatic rings. The molecule has 2 aliphatic heterocycles. The SMILES string of the molecule is CC(=O)N(CCN1CCCCC1)C1CCCN(S(=O)(=O)c2ccccc2Cl)C1. The molecule has 1 unspecified atom stereocenters. The summed E-state index contributed by atoms with van der Waals surface area (Å²) in [6.07, 6.45) is 5.28. The number of carbonyl (C=O) groups excluding carboxylic acids is 1. The second-order valence-electron chi connectivity index (χ2n) is 7.70. The lowest BCUT2D eigenvalue weighted by Crippen LogP contribution is -2.53. The minimum Gasteiger partial charge on any atom is -0.337 e. The van der Waals surface area contributed by atoms with E-state index in [9.17, 15) is 13.2 Å². The van der Waals surface area contributed by atoms with Gasteiger partial charge in [0.1, 0.15) is 4.90 Å². The Morgan fingerprint density at radius 1 is 1.14 bits per heavy atom. The summed E-state index contributed by atoms with van der Waals surface area (Å²) in [4.78, 5) is 16.7. The molecule has 0 spiro atoms. The van der Waals surface area contributed by atoms with Gasteiger partial charge in [0, 0.05) is 39.1 Å². The molecule has 2 saturated heterocycles. The standard InChI is InChI=1S/C20H30ClN3O3S/c1-17(25)24(15-14-22-11-5-2-6-12-22)18-8-7-13-23(16-18)28(26,27)20-10-4-3-9-19(20)21/h3-4,9-10,18H,2,5-8,11-16H2,1H3. The fraction of sp³-hybridized carbons (Fsp3) is 0.650. The van der Waals surface area contributed by atoms with Crippen LogP contribution >= 0.6 is 11.6 Å². The number of carbonyl (C=O) groups is 1. The van der Waals surface area contributed by atoms with E-state index in [2.05, 4.69) is 4.90 Å². The number of amides is 1. The van der Waals surface area contributed by atoms with Crippen LogP contribution in [0.15, 0.2) is 29.2 Å². The van der Waals surface area contributed by atoms with Crippen molar-refractivity contribution in [1.82, 2.24) is 14.1 Å². The van der Waals surface area contributed by atoms with Crippen molar-refractivity contribution in [2.24, 2.45) is 0 Å². The normalized spacial score (nSPS) is 22.1. The zero-order chi connectivity index (χ0) is 20.1. The van der Waals surface area contributed by atoms with E-state index in [4.69, 9.17) is 11.6 Å². The predicted octanol–water partition coefficient (Wildman–Crippen LogP) is 2.83. The van der Waals surface area contributed by atoms with E-state index in [0.717, 1.165) is 32.5 Å². The van der Waals surface area contributed by atoms with Crippen molar-refractivity contribution in [1.29, 1.82) is 0 Å². The summed E-state index contributed by atoms with van der Waals surface area (Å²) >= 11 is 6.14. The van der Waals surface area contributed by atoms with Crippen LogP contribution in [0, 0.1) is 0 Å². The highest BCUT2D eigenvalue weighted by atomic mass is 35.5. The molecular formula is C20H30ClN3O3S. The number of rotatable bonds is 6. The van der Waals surface area contributed by atoms with Gasteiger partial charge in [-0.3, -0.25) is 4.79 Å². The molecular weight excluding hydrogens is 398 g/mol. The van der Waals surface area contributed by atoms with Gasteiger partial charge in [0.05, 0.1) is 5.02 Å². The number of hydrogen-bond donors (Lipinski definition) is 0. The summed E-state index contributed by atoms with van der Waals surface area (Å²) in [5.74, 6) is 0.0130. The summed E-state index contributed by atoms with van der Waals surface area (Å²) in [7, 11) is -3.67. The fourth-order valence-electron chi connectivity index (χ4n) is 4.22. The second-order valence-corrected chi connectivity index (χ2v) is 10.0. The second kappa shape index (κ2) is 9.57. The zero-order valence-electron chi connectivity index (χ0n) is 16.5. The minimum atomic E-state index is -3.67. The highest BCUT2D eigenvalue weighted by Gasteiger charge is 2.34. The first-order chi connectivity index (χ1) is 13.4. The van der Waals surface area contributed by atoms with Gasteiger partial charge < -0.3 is 9.80 Å². The van der Waals surface area contributed by atoms with Crippen LogP contribution in [0.4, 0.5) is 0 Å². The van der Waals surface area contributed by atoms with Crippen LogP contribution in [0.5, 0.6) is 0 Å². The Hall–Kier alpha value is -1.15. The highest BCUT2D eigenvalue weighted by molar-refractivity contribution is 7.89. The van der Waals surface area contributed by atoms with Crippen molar-refractivity contribution in [3.8, 4) is 0 Å². The van der Waals surface area contributed by atoms with E-state index in [1.165, 1.54) is 23.6 Å². The van der Waals surface area contributed by atoms with Crippen LogP contribution in [0.1, 0.15) is 39.0 Å². The molecule has 1 atom stereocenters. The van der Waals surface area contributed by atoms with E-state index in [-0.39, 0.29) is 21.9 Å². The molecule has 2 aliphatic rings. The Bertz CT molecular complexity index is 781.